The molecule has 0 bridgehead atoms. The lowest BCUT2D eigenvalue weighted by Crippen LogP contribution is -2.55. The van der Waals surface area contributed by atoms with Crippen LogP contribution in [0.15, 0.2) is 48.7 Å². The maximum Gasteiger partial charge on any atom is 0.318 e. The predicted molar refractivity (Wildman–Crippen MR) is 109 cm³/mol. The summed E-state index contributed by atoms with van der Waals surface area (Å²) in [6, 6.07) is 12.2. The van der Waals surface area contributed by atoms with Crippen molar-refractivity contribution in [2.75, 3.05) is 31.1 Å². The number of halogens is 1. The van der Waals surface area contributed by atoms with E-state index in [1.807, 2.05) is 30.3 Å². The van der Waals surface area contributed by atoms with E-state index in [2.05, 4.69) is 20.5 Å². The molecule has 3 rings (SSSR count). The van der Waals surface area contributed by atoms with E-state index in [1.165, 1.54) is 0 Å². The summed E-state index contributed by atoms with van der Waals surface area (Å²) in [6.45, 7) is 4.66. The minimum Gasteiger partial charge on any atom is -0.353 e. The highest BCUT2D eigenvalue weighted by atomic mass is 35.5. The van der Waals surface area contributed by atoms with Gasteiger partial charge in [-0.1, -0.05) is 29.8 Å². The number of piperazine rings is 1. The highest BCUT2D eigenvalue weighted by molar-refractivity contribution is 6.30. The molecule has 7 nitrogen and oxygen atoms in total. The molecule has 28 heavy (non-hydrogen) atoms. The number of pyridine rings is 1. The molecule has 1 aromatic carbocycles. The SMILES string of the molecule is C[C@H](NC(=O)N1CCN(c2ccccn2)CC1)C(=O)NCc1ccc(Cl)cc1. The molecule has 0 spiro atoms. The lowest BCUT2D eigenvalue weighted by molar-refractivity contribution is -0.122. The van der Waals surface area contributed by atoms with E-state index in [0.29, 0.717) is 37.7 Å². The van der Waals surface area contributed by atoms with Crippen molar-refractivity contribution in [3.05, 3.63) is 59.2 Å². The van der Waals surface area contributed by atoms with Gasteiger partial charge in [-0.2, -0.15) is 0 Å². The van der Waals surface area contributed by atoms with Crippen molar-refractivity contribution >= 4 is 29.4 Å². The van der Waals surface area contributed by atoms with Gasteiger partial charge in [0, 0.05) is 43.9 Å². The Labute approximate surface area is 169 Å². The number of rotatable bonds is 5. The molecule has 1 aliphatic rings. The number of nitrogens with zero attached hydrogens (tertiary/aromatic N) is 3. The molecule has 2 N–H and O–H groups in total. The minimum absolute atomic E-state index is 0.226. The average molecular weight is 402 g/mol. The van der Waals surface area contributed by atoms with Crippen LogP contribution in [0.5, 0.6) is 0 Å². The molecule has 3 amide bonds. The van der Waals surface area contributed by atoms with Crippen LogP contribution >= 0.6 is 11.6 Å². The summed E-state index contributed by atoms with van der Waals surface area (Å²) in [6.07, 6.45) is 1.76. The van der Waals surface area contributed by atoms with Crippen LogP contribution in [0.25, 0.3) is 0 Å². The number of hydrogen-bond acceptors (Lipinski definition) is 4. The monoisotopic (exact) mass is 401 g/mol. The highest BCUT2D eigenvalue weighted by Crippen LogP contribution is 2.12. The lowest BCUT2D eigenvalue weighted by Gasteiger charge is -2.35. The van der Waals surface area contributed by atoms with Crippen molar-refractivity contribution in [1.29, 1.82) is 0 Å². The molecule has 1 aliphatic heterocycles. The summed E-state index contributed by atoms with van der Waals surface area (Å²) < 4.78 is 0. The Kier molecular flexibility index (Phi) is 6.71. The van der Waals surface area contributed by atoms with Gasteiger partial charge in [0.25, 0.3) is 0 Å². The number of benzene rings is 1. The van der Waals surface area contributed by atoms with Crippen LogP contribution in [0.4, 0.5) is 10.6 Å². The summed E-state index contributed by atoms with van der Waals surface area (Å²) in [5, 5.41) is 6.24. The number of hydrogen-bond donors (Lipinski definition) is 2. The maximum atomic E-state index is 12.5. The highest BCUT2D eigenvalue weighted by Gasteiger charge is 2.24. The molecule has 1 saturated heterocycles. The molecule has 8 heteroatoms. The molecule has 1 aromatic heterocycles. The zero-order valence-electron chi connectivity index (χ0n) is 15.8. The van der Waals surface area contributed by atoms with Gasteiger partial charge >= 0.3 is 6.03 Å². The normalized spacial score (nSPS) is 15.1. The number of anilines is 1. The van der Waals surface area contributed by atoms with Gasteiger partial charge in [0.2, 0.25) is 5.91 Å². The number of carbonyl (C=O) groups is 2. The van der Waals surface area contributed by atoms with Crippen LogP contribution in [-0.4, -0.2) is 54.0 Å². The Balaban J connectivity index is 1.42. The quantitative estimate of drug-likeness (QED) is 0.805. The smallest absolute Gasteiger partial charge is 0.318 e. The number of nitrogens with one attached hydrogen (secondary N) is 2. The lowest BCUT2D eigenvalue weighted by atomic mass is 10.2. The third kappa shape index (κ3) is 5.36. The molecule has 0 saturated carbocycles. The van der Waals surface area contributed by atoms with E-state index in [4.69, 9.17) is 11.6 Å². The van der Waals surface area contributed by atoms with Crippen molar-refractivity contribution in [3.63, 3.8) is 0 Å². The third-order valence-corrected chi connectivity index (χ3v) is 4.91. The van der Waals surface area contributed by atoms with Crippen LogP contribution in [0, 0.1) is 0 Å². The maximum absolute atomic E-state index is 12.5. The number of amides is 3. The van der Waals surface area contributed by atoms with E-state index in [1.54, 1.807) is 30.2 Å². The number of carbonyl (C=O) groups excluding carboxylic acids is 2. The van der Waals surface area contributed by atoms with Crippen molar-refractivity contribution in [3.8, 4) is 0 Å². The van der Waals surface area contributed by atoms with Crippen LogP contribution < -0.4 is 15.5 Å². The standard InChI is InChI=1S/C20H24ClN5O2/c1-15(19(27)23-14-16-5-7-17(21)8-6-16)24-20(28)26-12-10-25(11-13-26)18-4-2-3-9-22-18/h2-9,15H,10-14H2,1H3,(H,23,27)(H,24,28)/t15-/m0/s1. The Hall–Kier alpha value is -2.80. The van der Waals surface area contributed by atoms with Crippen LogP contribution in [0.3, 0.4) is 0 Å². The van der Waals surface area contributed by atoms with E-state index in [9.17, 15) is 9.59 Å². The largest absolute Gasteiger partial charge is 0.353 e. The van der Waals surface area contributed by atoms with Gasteiger partial charge in [0.15, 0.2) is 0 Å². The van der Waals surface area contributed by atoms with Crippen LogP contribution in [0.1, 0.15) is 12.5 Å². The third-order valence-electron chi connectivity index (χ3n) is 4.65. The van der Waals surface area contributed by atoms with E-state index < -0.39 is 6.04 Å². The van der Waals surface area contributed by atoms with E-state index in [-0.39, 0.29) is 11.9 Å². The molecule has 2 aromatic rings. The molecule has 0 radical (unpaired) electrons. The first kappa shape index (κ1) is 19.9. The summed E-state index contributed by atoms with van der Waals surface area (Å²) in [5.74, 6) is 0.688. The van der Waals surface area contributed by atoms with Crippen molar-refractivity contribution in [2.24, 2.45) is 0 Å². The first-order valence-electron chi connectivity index (χ1n) is 9.26. The minimum atomic E-state index is -0.617. The Morgan fingerprint density at radius 3 is 2.46 bits per heavy atom. The molecule has 0 unspecified atom stereocenters. The Morgan fingerprint density at radius 1 is 1.11 bits per heavy atom. The number of aromatic nitrogens is 1. The molecule has 0 aliphatic carbocycles. The van der Waals surface area contributed by atoms with Gasteiger partial charge < -0.3 is 20.4 Å². The van der Waals surface area contributed by atoms with Crippen molar-refractivity contribution in [2.45, 2.75) is 19.5 Å². The second-order valence-corrected chi connectivity index (χ2v) is 7.11. The first-order chi connectivity index (χ1) is 13.5. The Morgan fingerprint density at radius 2 is 1.82 bits per heavy atom. The van der Waals surface area contributed by atoms with Crippen molar-refractivity contribution in [1.82, 2.24) is 20.5 Å². The molecule has 1 fully saturated rings. The van der Waals surface area contributed by atoms with Crippen molar-refractivity contribution < 1.29 is 9.59 Å². The molecular formula is C20H24ClN5O2. The van der Waals surface area contributed by atoms with Gasteiger partial charge in [-0.15, -0.1) is 0 Å². The number of urea groups is 1. The van der Waals surface area contributed by atoms with Gasteiger partial charge in [-0.05, 0) is 36.8 Å². The Bertz CT molecular complexity index is 792. The molecule has 148 valence electrons. The molecule has 2 heterocycles. The van der Waals surface area contributed by atoms with Gasteiger partial charge in [-0.3, -0.25) is 4.79 Å². The molecular weight excluding hydrogens is 378 g/mol. The second kappa shape index (κ2) is 9.41. The van der Waals surface area contributed by atoms with E-state index >= 15 is 0 Å². The van der Waals surface area contributed by atoms with Gasteiger partial charge in [-0.25, -0.2) is 9.78 Å². The summed E-state index contributed by atoms with van der Waals surface area (Å²) in [5.41, 5.74) is 0.946. The summed E-state index contributed by atoms with van der Waals surface area (Å²) >= 11 is 5.85. The predicted octanol–water partition coefficient (Wildman–Crippen LogP) is 2.27. The van der Waals surface area contributed by atoms with Crippen LogP contribution in [-0.2, 0) is 11.3 Å². The van der Waals surface area contributed by atoms with Gasteiger partial charge in [0.05, 0.1) is 0 Å². The summed E-state index contributed by atoms with van der Waals surface area (Å²) in [4.78, 5) is 32.9. The van der Waals surface area contributed by atoms with Crippen LogP contribution in [0.2, 0.25) is 5.02 Å². The second-order valence-electron chi connectivity index (χ2n) is 6.68. The fraction of sp³-hybridized carbons (Fsp3) is 0.350. The zero-order valence-corrected chi connectivity index (χ0v) is 16.5. The molecule has 1 atom stereocenters. The fourth-order valence-electron chi connectivity index (χ4n) is 2.97. The van der Waals surface area contributed by atoms with Gasteiger partial charge in [0.1, 0.15) is 11.9 Å². The fourth-order valence-corrected chi connectivity index (χ4v) is 3.09. The summed E-state index contributed by atoms with van der Waals surface area (Å²) in [7, 11) is 0. The topological polar surface area (TPSA) is 77.6 Å². The van der Waals surface area contributed by atoms with E-state index in [0.717, 1.165) is 11.4 Å². The zero-order chi connectivity index (χ0) is 19.9. The first-order valence-corrected chi connectivity index (χ1v) is 9.64. The average Bonchev–Trinajstić information content (AvgIpc) is 2.73.